The van der Waals surface area contributed by atoms with E-state index in [1.54, 1.807) is 4.90 Å². The molecule has 2 aromatic carbocycles. The van der Waals surface area contributed by atoms with Gasteiger partial charge in [0.1, 0.15) is 17.7 Å². The van der Waals surface area contributed by atoms with Crippen LogP contribution in [0.5, 0.6) is 5.75 Å². The zero-order chi connectivity index (χ0) is 25.8. The van der Waals surface area contributed by atoms with Crippen LogP contribution in [0.25, 0.3) is 0 Å². The molecule has 0 bridgehead atoms. The van der Waals surface area contributed by atoms with Gasteiger partial charge in [-0.2, -0.15) is 0 Å². The summed E-state index contributed by atoms with van der Waals surface area (Å²) in [6, 6.07) is 15.0. The Bertz CT molecular complexity index is 940. The Labute approximate surface area is 221 Å². The van der Waals surface area contributed by atoms with Crippen LogP contribution in [0.15, 0.2) is 48.5 Å². The summed E-state index contributed by atoms with van der Waals surface area (Å²) in [6.45, 7) is 5.20. The minimum atomic E-state index is -0.766. The van der Waals surface area contributed by atoms with Gasteiger partial charge in [-0.3, -0.25) is 9.59 Å². The first-order chi connectivity index (χ1) is 17.5. The molecule has 196 valence electrons. The van der Waals surface area contributed by atoms with Crippen LogP contribution in [0.3, 0.4) is 0 Å². The van der Waals surface area contributed by atoms with E-state index in [2.05, 4.69) is 12.2 Å². The Morgan fingerprint density at radius 1 is 1.00 bits per heavy atom. The third-order valence-electron chi connectivity index (χ3n) is 6.88. The molecule has 0 saturated heterocycles. The van der Waals surface area contributed by atoms with Crippen molar-refractivity contribution in [2.75, 3.05) is 12.5 Å². The van der Waals surface area contributed by atoms with E-state index in [4.69, 9.17) is 16.3 Å². The molecule has 0 radical (unpaired) electrons. The van der Waals surface area contributed by atoms with E-state index >= 15 is 0 Å². The molecule has 2 amide bonds. The van der Waals surface area contributed by atoms with Crippen molar-refractivity contribution in [2.45, 2.75) is 90.3 Å². The summed E-state index contributed by atoms with van der Waals surface area (Å²) in [5.41, 5.74) is 2.86. The zero-order valence-corrected chi connectivity index (χ0v) is 22.6. The second kappa shape index (κ2) is 14.9. The molecule has 0 aromatic heterocycles. The summed E-state index contributed by atoms with van der Waals surface area (Å²) >= 11 is 6.04. The Balaban J connectivity index is 1.83. The average molecular weight is 513 g/mol. The van der Waals surface area contributed by atoms with E-state index in [1.165, 1.54) is 19.3 Å². The van der Waals surface area contributed by atoms with Gasteiger partial charge in [0, 0.05) is 12.6 Å². The average Bonchev–Trinajstić information content (AvgIpc) is 2.90. The third-order valence-corrected chi connectivity index (χ3v) is 7.11. The molecule has 2 aromatic rings. The smallest absolute Gasteiger partial charge is 0.247 e. The fraction of sp³-hybridized carbons (Fsp3) is 0.533. The Kier molecular flexibility index (Phi) is 11.6. The van der Waals surface area contributed by atoms with Crippen molar-refractivity contribution < 1.29 is 14.3 Å². The van der Waals surface area contributed by atoms with Gasteiger partial charge in [0.05, 0.1) is 6.61 Å². The first-order valence-electron chi connectivity index (χ1n) is 13.5. The van der Waals surface area contributed by atoms with Gasteiger partial charge in [0.25, 0.3) is 0 Å². The Morgan fingerprint density at radius 2 is 1.69 bits per heavy atom. The quantitative estimate of drug-likeness (QED) is 0.239. The van der Waals surface area contributed by atoms with Crippen molar-refractivity contribution in [1.29, 1.82) is 0 Å². The lowest BCUT2D eigenvalue weighted by Gasteiger charge is -2.33. The van der Waals surface area contributed by atoms with Crippen molar-refractivity contribution in [2.24, 2.45) is 0 Å². The van der Waals surface area contributed by atoms with Crippen LogP contribution in [0, 0.1) is 6.92 Å². The fourth-order valence-corrected chi connectivity index (χ4v) is 4.91. The molecule has 1 aliphatic rings. The van der Waals surface area contributed by atoms with Gasteiger partial charge in [-0.25, -0.2) is 0 Å². The number of rotatable bonds is 13. The Morgan fingerprint density at radius 3 is 2.33 bits per heavy atom. The lowest BCUT2D eigenvalue weighted by atomic mass is 9.94. The number of ether oxygens (including phenoxy) is 1. The number of amides is 2. The number of hydrogen-bond acceptors (Lipinski definition) is 3. The molecule has 1 fully saturated rings. The molecular weight excluding hydrogens is 472 g/mol. The van der Waals surface area contributed by atoms with Crippen LogP contribution < -0.4 is 10.1 Å². The molecule has 5 nitrogen and oxygen atoms in total. The molecule has 6 heteroatoms. The third kappa shape index (κ3) is 8.55. The van der Waals surface area contributed by atoms with Gasteiger partial charge in [0.2, 0.25) is 11.8 Å². The van der Waals surface area contributed by atoms with E-state index in [-0.39, 0.29) is 23.7 Å². The minimum absolute atomic E-state index is 0.145. The van der Waals surface area contributed by atoms with Crippen molar-refractivity contribution in [3.8, 4) is 5.75 Å². The van der Waals surface area contributed by atoms with Crippen LogP contribution in [0.2, 0.25) is 0 Å². The van der Waals surface area contributed by atoms with E-state index < -0.39 is 6.04 Å². The van der Waals surface area contributed by atoms with E-state index in [0.717, 1.165) is 61.0 Å². The number of unbranched alkanes of at least 4 members (excludes halogenated alkanes) is 3. The van der Waals surface area contributed by atoms with Gasteiger partial charge in [-0.15, -0.1) is 11.6 Å². The summed E-state index contributed by atoms with van der Waals surface area (Å²) in [6.07, 6.45) is 9.99. The topological polar surface area (TPSA) is 58.6 Å². The molecule has 1 aliphatic carbocycles. The van der Waals surface area contributed by atoms with Crippen molar-refractivity contribution in [3.63, 3.8) is 0 Å². The molecule has 1 saturated carbocycles. The highest BCUT2D eigenvalue weighted by molar-refractivity contribution is 6.27. The molecule has 0 heterocycles. The van der Waals surface area contributed by atoms with E-state index in [0.29, 0.717) is 13.2 Å². The molecule has 0 unspecified atom stereocenters. The van der Waals surface area contributed by atoms with Crippen molar-refractivity contribution in [3.05, 3.63) is 65.2 Å². The summed E-state index contributed by atoms with van der Waals surface area (Å²) < 4.78 is 5.90. The van der Waals surface area contributed by atoms with Crippen LogP contribution in [0.1, 0.15) is 87.4 Å². The normalized spacial score (nSPS) is 14.8. The number of halogens is 1. The number of hydrogen-bond donors (Lipinski definition) is 1. The highest BCUT2D eigenvalue weighted by Crippen LogP contribution is 2.28. The predicted molar refractivity (Wildman–Crippen MR) is 146 cm³/mol. The number of aryl methyl sites for hydroxylation is 1. The van der Waals surface area contributed by atoms with Crippen LogP contribution in [0.4, 0.5) is 0 Å². The lowest BCUT2D eigenvalue weighted by molar-refractivity contribution is -0.140. The summed E-state index contributed by atoms with van der Waals surface area (Å²) in [5, 5.41) is 3.23. The van der Waals surface area contributed by atoms with Crippen molar-refractivity contribution >= 4 is 23.4 Å². The predicted octanol–water partition coefficient (Wildman–Crippen LogP) is 6.71. The van der Waals surface area contributed by atoms with E-state index in [1.807, 2.05) is 55.5 Å². The molecular formula is C30H41ClN2O3. The largest absolute Gasteiger partial charge is 0.494 e. The lowest BCUT2D eigenvalue weighted by Crippen LogP contribution is -2.47. The number of nitrogens with zero attached hydrogens (tertiary/aromatic N) is 1. The van der Waals surface area contributed by atoms with Gasteiger partial charge in [0.15, 0.2) is 0 Å². The van der Waals surface area contributed by atoms with Gasteiger partial charge < -0.3 is 15.0 Å². The van der Waals surface area contributed by atoms with Gasteiger partial charge in [-0.1, -0.05) is 87.4 Å². The maximum absolute atomic E-state index is 13.7. The molecule has 0 aliphatic heterocycles. The SMILES string of the molecule is CCCCCCOc1ccc([C@H](C(=O)NC2CCCCC2)N(Cc2ccc(C)cc2)C(=O)CCl)cc1. The Hall–Kier alpha value is -2.53. The zero-order valence-electron chi connectivity index (χ0n) is 21.8. The number of carbonyl (C=O) groups is 2. The number of nitrogens with one attached hydrogen (secondary N) is 1. The minimum Gasteiger partial charge on any atom is -0.494 e. The van der Waals surface area contributed by atoms with Crippen molar-refractivity contribution in [1.82, 2.24) is 10.2 Å². The van der Waals surface area contributed by atoms with Gasteiger partial charge in [-0.05, 0) is 49.4 Å². The monoisotopic (exact) mass is 512 g/mol. The maximum atomic E-state index is 13.7. The maximum Gasteiger partial charge on any atom is 0.247 e. The molecule has 36 heavy (non-hydrogen) atoms. The summed E-state index contributed by atoms with van der Waals surface area (Å²) in [7, 11) is 0. The molecule has 0 spiro atoms. The van der Waals surface area contributed by atoms with Gasteiger partial charge >= 0.3 is 0 Å². The number of benzene rings is 2. The fourth-order valence-electron chi connectivity index (χ4n) is 4.76. The second-order valence-corrected chi connectivity index (χ2v) is 10.1. The molecule has 1 N–H and O–H groups in total. The molecule has 3 rings (SSSR count). The first-order valence-corrected chi connectivity index (χ1v) is 14.0. The molecule has 1 atom stereocenters. The van der Waals surface area contributed by atoms with Crippen LogP contribution in [-0.4, -0.2) is 35.2 Å². The van der Waals surface area contributed by atoms with E-state index in [9.17, 15) is 9.59 Å². The van der Waals surface area contributed by atoms with Crippen LogP contribution in [-0.2, 0) is 16.1 Å². The summed E-state index contributed by atoms with van der Waals surface area (Å²) in [4.78, 5) is 28.4. The number of carbonyl (C=O) groups excluding carboxylic acids is 2. The highest BCUT2D eigenvalue weighted by Gasteiger charge is 2.32. The highest BCUT2D eigenvalue weighted by atomic mass is 35.5. The first kappa shape index (κ1) is 28.0. The number of alkyl halides is 1. The van der Waals surface area contributed by atoms with Crippen LogP contribution >= 0.6 is 11.6 Å². The second-order valence-electron chi connectivity index (χ2n) is 9.87. The standard InChI is InChI=1S/C30H41ClN2O3/c1-3-4-5-9-20-36-27-18-16-25(17-19-27)29(30(35)32-26-10-7-6-8-11-26)33(28(34)21-31)22-24-14-12-23(2)13-15-24/h12-19,26,29H,3-11,20-22H2,1-2H3,(H,32,35)/t29-/m1/s1. The summed E-state index contributed by atoms with van der Waals surface area (Å²) in [5.74, 6) is 0.173.